The smallest absolute Gasteiger partial charge is 0.247 e. The van der Waals surface area contributed by atoms with Crippen molar-refractivity contribution >= 4 is 23.2 Å². The highest BCUT2D eigenvalue weighted by atomic mass is 35.5. The second-order valence-electron chi connectivity index (χ2n) is 5.41. The monoisotopic (exact) mass is 302 g/mol. The Morgan fingerprint density at radius 1 is 1.19 bits per heavy atom. The average molecular weight is 303 g/mol. The quantitative estimate of drug-likeness (QED) is 0.903. The van der Waals surface area contributed by atoms with Crippen LogP contribution in [0.3, 0.4) is 0 Å². The van der Waals surface area contributed by atoms with Crippen molar-refractivity contribution in [1.29, 1.82) is 0 Å². The van der Waals surface area contributed by atoms with Gasteiger partial charge in [0.15, 0.2) is 0 Å². The number of aryl methyl sites for hydroxylation is 2. The second kappa shape index (κ2) is 5.78. The first-order valence-corrected chi connectivity index (χ1v) is 7.13. The van der Waals surface area contributed by atoms with E-state index in [2.05, 4.69) is 5.32 Å². The van der Waals surface area contributed by atoms with Crippen molar-refractivity contribution in [2.45, 2.75) is 26.3 Å². The topological polar surface area (TPSA) is 55.1 Å². The van der Waals surface area contributed by atoms with Crippen molar-refractivity contribution in [1.82, 2.24) is 0 Å². The molecule has 1 unspecified atom stereocenters. The minimum Gasteiger partial charge on any atom is -0.367 e. The maximum Gasteiger partial charge on any atom is 0.247 e. The molecular weight excluding hydrogens is 284 g/mol. The summed E-state index contributed by atoms with van der Waals surface area (Å²) < 4.78 is 0. The summed E-state index contributed by atoms with van der Waals surface area (Å²) in [4.78, 5) is 12.1. The predicted molar refractivity (Wildman–Crippen MR) is 87.5 cm³/mol. The molecule has 1 amide bonds. The largest absolute Gasteiger partial charge is 0.367 e. The fourth-order valence-corrected chi connectivity index (χ4v) is 2.65. The van der Waals surface area contributed by atoms with E-state index >= 15 is 0 Å². The maximum atomic E-state index is 12.1. The second-order valence-corrected chi connectivity index (χ2v) is 5.82. The van der Waals surface area contributed by atoms with E-state index in [1.807, 2.05) is 50.2 Å². The zero-order valence-electron chi connectivity index (χ0n) is 12.4. The van der Waals surface area contributed by atoms with Gasteiger partial charge in [0.25, 0.3) is 0 Å². The maximum absolute atomic E-state index is 12.1. The molecule has 3 N–H and O–H groups in total. The number of nitrogens with one attached hydrogen (secondary N) is 1. The fourth-order valence-electron chi connectivity index (χ4n) is 2.47. The number of amides is 1. The minimum atomic E-state index is -1.03. The lowest BCUT2D eigenvalue weighted by atomic mass is 9.86. The molecule has 0 aliphatic rings. The molecule has 0 saturated carbocycles. The Balaban J connectivity index is 2.51. The van der Waals surface area contributed by atoms with Crippen LogP contribution in [-0.4, -0.2) is 5.91 Å². The van der Waals surface area contributed by atoms with Crippen molar-refractivity contribution in [2.75, 3.05) is 5.32 Å². The van der Waals surface area contributed by atoms with Crippen molar-refractivity contribution < 1.29 is 4.79 Å². The number of primary amides is 1. The van der Waals surface area contributed by atoms with Gasteiger partial charge < -0.3 is 11.1 Å². The summed E-state index contributed by atoms with van der Waals surface area (Å²) in [5.41, 5.74) is 8.32. The Kier molecular flexibility index (Phi) is 4.24. The number of para-hydroxylation sites is 1. The predicted octanol–water partition coefficient (Wildman–Crippen LogP) is 3.77. The summed E-state index contributed by atoms with van der Waals surface area (Å²) in [5.74, 6) is -0.450. The third-order valence-electron chi connectivity index (χ3n) is 3.67. The average Bonchev–Trinajstić information content (AvgIpc) is 2.41. The van der Waals surface area contributed by atoms with E-state index < -0.39 is 11.4 Å². The number of nitrogens with two attached hydrogens (primary N) is 1. The van der Waals surface area contributed by atoms with Crippen molar-refractivity contribution in [2.24, 2.45) is 5.73 Å². The van der Waals surface area contributed by atoms with Gasteiger partial charge in [0.05, 0.1) is 10.7 Å². The van der Waals surface area contributed by atoms with E-state index in [0.29, 0.717) is 10.7 Å². The van der Waals surface area contributed by atoms with Gasteiger partial charge in [-0.05, 0) is 44.0 Å². The number of rotatable bonds is 4. The molecule has 2 aromatic carbocycles. The van der Waals surface area contributed by atoms with Crippen LogP contribution in [0.4, 0.5) is 5.69 Å². The number of hydrogen-bond acceptors (Lipinski definition) is 2. The number of carbonyl (C=O) groups is 1. The van der Waals surface area contributed by atoms with Crippen LogP contribution in [0.2, 0.25) is 5.02 Å². The lowest BCUT2D eigenvalue weighted by Crippen LogP contribution is -2.45. The molecule has 2 rings (SSSR count). The molecule has 0 spiro atoms. The first kappa shape index (κ1) is 15.4. The van der Waals surface area contributed by atoms with Crippen LogP contribution in [0.25, 0.3) is 0 Å². The van der Waals surface area contributed by atoms with Crippen molar-refractivity contribution in [3.8, 4) is 0 Å². The van der Waals surface area contributed by atoms with E-state index in [0.717, 1.165) is 16.7 Å². The Labute approximate surface area is 130 Å². The molecule has 3 nitrogen and oxygen atoms in total. The van der Waals surface area contributed by atoms with Crippen LogP contribution in [0.5, 0.6) is 0 Å². The molecular formula is C17H19ClN2O. The number of benzene rings is 2. The van der Waals surface area contributed by atoms with Gasteiger partial charge in [-0.3, -0.25) is 4.79 Å². The Morgan fingerprint density at radius 2 is 1.86 bits per heavy atom. The number of halogens is 1. The van der Waals surface area contributed by atoms with E-state index in [1.54, 1.807) is 13.0 Å². The Bertz CT molecular complexity index is 684. The van der Waals surface area contributed by atoms with Gasteiger partial charge in [-0.15, -0.1) is 0 Å². The van der Waals surface area contributed by atoms with Crippen LogP contribution in [0, 0.1) is 13.8 Å². The molecule has 4 heteroatoms. The highest BCUT2D eigenvalue weighted by Crippen LogP contribution is 2.32. The Morgan fingerprint density at radius 3 is 2.43 bits per heavy atom. The van der Waals surface area contributed by atoms with Gasteiger partial charge in [0.1, 0.15) is 5.54 Å². The zero-order valence-corrected chi connectivity index (χ0v) is 13.2. The summed E-state index contributed by atoms with van der Waals surface area (Å²) in [6.45, 7) is 5.76. The van der Waals surface area contributed by atoms with Gasteiger partial charge in [-0.2, -0.15) is 0 Å². The SMILES string of the molecule is Cc1ccc(C(C)(Nc2ccccc2Cl)C(N)=O)c(C)c1. The van der Waals surface area contributed by atoms with Gasteiger partial charge in [-0.25, -0.2) is 0 Å². The van der Waals surface area contributed by atoms with Crippen molar-refractivity contribution in [3.63, 3.8) is 0 Å². The summed E-state index contributed by atoms with van der Waals surface area (Å²) in [6.07, 6.45) is 0. The van der Waals surface area contributed by atoms with E-state index in [1.165, 1.54) is 0 Å². The molecule has 110 valence electrons. The van der Waals surface area contributed by atoms with E-state index in [-0.39, 0.29) is 0 Å². The molecule has 0 fully saturated rings. The highest BCUT2D eigenvalue weighted by Gasteiger charge is 2.34. The van der Waals surface area contributed by atoms with Crippen LogP contribution < -0.4 is 11.1 Å². The van der Waals surface area contributed by atoms with E-state index in [9.17, 15) is 4.79 Å². The zero-order chi connectivity index (χ0) is 15.6. The standard InChI is InChI=1S/C17H19ClN2O/c1-11-8-9-13(12(2)10-11)17(3,16(19)21)20-15-7-5-4-6-14(15)18/h4-10,20H,1-3H3,(H2,19,21). The molecule has 0 saturated heterocycles. The van der Waals surface area contributed by atoms with E-state index in [4.69, 9.17) is 17.3 Å². The van der Waals surface area contributed by atoms with Crippen molar-refractivity contribution in [3.05, 3.63) is 64.2 Å². The molecule has 21 heavy (non-hydrogen) atoms. The highest BCUT2D eigenvalue weighted by molar-refractivity contribution is 6.33. The van der Waals surface area contributed by atoms with Gasteiger partial charge >= 0.3 is 0 Å². The van der Waals surface area contributed by atoms with Gasteiger partial charge in [0, 0.05) is 0 Å². The van der Waals surface area contributed by atoms with Crippen LogP contribution in [0.1, 0.15) is 23.6 Å². The minimum absolute atomic E-state index is 0.450. The van der Waals surface area contributed by atoms with Crippen LogP contribution in [0.15, 0.2) is 42.5 Å². The lowest BCUT2D eigenvalue weighted by Gasteiger charge is -2.31. The normalized spacial score (nSPS) is 13.5. The fraction of sp³-hybridized carbons (Fsp3) is 0.235. The van der Waals surface area contributed by atoms with Crippen LogP contribution in [-0.2, 0) is 10.3 Å². The molecule has 0 radical (unpaired) electrons. The molecule has 0 aliphatic carbocycles. The van der Waals surface area contributed by atoms with Gasteiger partial charge in [-0.1, -0.05) is 47.5 Å². The summed E-state index contributed by atoms with van der Waals surface area (Å²) in [5, 5.41) is 3.74. The number of anilines is 1. The summed E-state index contributed by atoms with van der Waals surface area (Å²) in [7, 11) is 0. The summed E-state index contributed by atoms with van der Waals surface area (Å²) in [6, 6.07) is 13.2. The molecule has 0 aromatic heterocycles. The molecule has 0 aliphatic heterocycles. The first-order valence-electron chi connectivity index (χ1n) is 6.75. The third kappa shape index (κ3) is 3.03. The molecule has 2 aromatic rings. The van der Waals surface area contributed by atoms with Gasteiger partial charge in [0.2, 0.25) is 5.91 Å². The first-order chi connectivity index (χ1) is 9.84. The molecule has 1 atom stereocenters. The number of hydrogen-bond donors (Lipinski definition) is 2. The lowest BCUT2D eigenvalue weighted by molar-refractivity contribution is -0.122. The Hall–Kier alpha value is -2.00. The molecule has 0 bridgehead atoms. The third-order valence-corrected chi connectivity index (χ3v) is 4.00. The summed E-state index contributed by atoms with van der Waals surface area (Å²) >= 11 is 6.17. The number of carbonyl (C=O) groups excluding carboxylic acids is 1. The van der Waals surface area contributed by atoms with Crippen LogP contribution >= 0.6 is 11.6 Å². The molecule has 0 heterocycles.